The number of aromatic amines is 1. The topological polar surface area (TPSA) is 59.2 Å². The number of hydrogen-bond acceptors (Lipinski definition) is 3. The van der Waals surface area contributed by atoms with E-state index in [9.17, 15) is 9.59 Å². The smallest absolute Gasteiger partial charge is 0.311 e. The molecule has 1 heterocycles. The SMILES string of the molecule is CCCCCC(=O)Oc1cccc2[nH]c3ccccc3c(=O)c12. The van der Waals surface area contributed by atoms with E-state index in [4.69, 9.17) is 4.74 Å². The van der Waals surface area contributed by atoms with Crippen LogP contribution >= 0.6 is 0 Å². The second-order valence-electron chi connectivity index (χ2n) is 5.61. The summed E-state index contributed by atoms with van der Waals surface area (Å²) in [7, 11) is 0. The zero-order chi connectivity index (χ0) is 16.2. The average molecular weight is 309 g/mol. The number of nitrogens with one attached hydrogen (secondary N) is 1. The van der Waals surface area contributed by atoms with Crippen LogP contribution in [-0.2, 0) is 4.79 Å². The summed E-state index contributed by atoms with van der Waals surface area (Å²) in [6.45, 7) is 2.08. The number of H-pyrrole nitrogens is 1. The molecule has 0 amide bonds. The second-order valence-corrected chi connectivity index (χ2v) is 5.61. The quantitative estimate of drug-likeness (QED) is 0.333. The van der Waals surface area contributed by atoms with Crippen molar-refractivity contribution in [2.24, 2.45) is 0 Å². The van der Waals surface area contributed by atoms with Gasteiger partial charge >= 0.3 is 5.97 Å². The maximum atomic E-state index is 12.7. The minimum absolute atomic E-state index is 0.119. The minimum Gasteiger partial charge on any atom is -0.426 e. The first-order valence-corrected chi connectivity index (χ1v) is 7.95. The monoisotopic (exact) mass is 309 g/mol. The minimum atomic E-state index is -0.293. The van der Waals surface area contributed by atoms with E-state index in [0.29, 0.717) is 28.5 Å². The number of pyridine rings is 1. The van der Waals surface area contributed by atoms with Crippen LogP contribution in [0.5, 0.6) is 5.75 Å². The van der Waals surface area contributed by atoms with Gasteiger partial charge in [0.1, 0.15) is 5.75 Å². The number of para-hydroxylation sites is 1. The Morgan fingerprint density at radius 3 is 2.65 bits per heavy atom. The van der Waals surface area contributed by atoms with Crippen LogP contribution in [0.2, 0.25) is 0 Å². The zero-order valence-corrected chi connectivity index (χ0v) is 13.1. The number of hydrogen-bond donors (Lipinski definition) is 1. The van der Waals surface area contributed by atoms with E-state index in [0.717, 1.165) is 24.8 Å². The van der Waals surface area contributed by atoms with Crippen LogP contribution in [0.3, 0.4) is 0 Å². The molecule has 0 fully saturated rings. The van der Waals surface area contributed by atoms with Gasteiger partial charge in [-0.25, -0.2) is 0 Å². The zero-order valence-electron chi connectivity index (χ0n) is 13.1. The lowest BCUT2D eigenvalue weighted by Gasteiger charge is -2.08. The summed E-state index contributed by atoms with van der Waals surface area (Å²) in [5, 5.41) is 1.02. The molecule has 0 bridgehead atoms. The molecule has 0 radical (unpaired) electrons. The van der Waals surface area contributed by atoms with Crippen molar-refractivity contribution in [1.82, 2.24) is 4.98 Å². The highest BCUT2D eigenvalue weighted by Gasteiger charge is 2.13. The molecular weight excluding hydrogens is 290 g/mol. The van der Waals surface area contributed by atoms with Crippen molar-refractivity contribution >= 4 is 27.8 Å². The van der Waals surface area contributed by atoms with Crippen molar-refractivity contribution in [1.29, 1.82) is 0 Å². The van der Waals surface area contributed by atoms with Gasteiger partial charge in [-0.2, -0.15) is 0 Å². The molecule has 0 atom stereocenters. The molecule has 1 aromatic heterocycles. The van der Waals surface area contributed by atoms with E-state index in [1.165, 1.54) is 0 Å². The fourth-order valence-electron chi connectivity index (χ4n) is 2.72. The van der Waals surface area contributed by atoms with Gasteiger partial charge in [-0.05, 0) is 30.7 Å². The van der Waals surface area contributed by atoms with Crippen molar-refractivity contribution in [2.75, 3.05) is 0 Å². The maximum absolute atomic E-state index is 12.7. The van der Waals surface area contributed by atoms with Gasteiger partial charge in [0.05, 0.1) is 10.9 Å². The summed E-state index contributed by atoms with van der Waals surface area (Å²) in [5.41, 5.74) is 1.33. The Labute approximate surface area is 134 Å². The lowest BCUT2D eigenvalue weighted by atomic mass is 10.1. The van der Waals surface area contributed by atoms with Crippen LogP contribution < -0.4 is 10.2 Å². The number of aromatic nitrogens is 1. The van der Waals surface area contributed by atoms with Gasteiger partial charge in [-0.3, -0.25) is 9.59 Å². The van der Waals surface area contributed by atoms with Gasteiger partial charge in [0, 0.05) is 17.3 Å². The fourth-order valence-corrected chi connectivity index (χ4v) is 2.72. The van der Waals surface area contributed by atoms with E-state index in [1.54, 1.807) is 18.2 Å². The third-order valence-corrected chi connectivity index (χ3v) is 3.90. The lowest BCUT2D eigenvalue weighted by Crippen LogP contribution is -2.11. The Morgan fingerprint density at radius 1 is 1.04 bits per heavy atom. The Kier molecular flexibility index (Phi) is 4.42. The standard InChI is InChI=1S/C19H19NO3/c1-2-3-4-12-17(21)23-16-11-7-10-15-18(16)19(22)13-8-5-6-9-14(13)20-15/h5-11H,2-4,12H2,1H3,(H,20,22). The third-order valence-electron chi connectivity index (χ3n) is 3.90. The van der Waals surface area contributed by atoms with Crippen LogP contribution in [0, 0.1) is 0 Å². The molecule has 0 aliphatic carbocycles. The Bertz CT molecular complexity index is 911. The highest BCUT2D eigenvalue weighted by Crippen LogP contribution is 2.24. The summed E-state index contributed by atoms with van der Waals surface area (Å²) in [4.78, 5) is 27.9. The molecule has 0 aliphatic heterocycles. The molecule has 0 saturated heterocycles. The van der Waals surface area contributed by atoms with Gasteiger partial charge in [0.15, 0.2) is 0 Å². The molecule has 4 nitrogen and oxygen atoms in total. The van der Waals surface area contributed by atoms with Crippen molar-refractivity contribution in [2.45, 2.75) is 32.6 Å². The first-order valence-electron chi connectivity index (χ1n) is 7.95. The van der Waals surface area contributed by atoms with E-state index < -0.39 is 0 Å². The second kappa shape index (κ2) is 6.65. The molecule has 0 saturated carbocycles. The summed E-state index contributed by atoms with van der Waals surface area (Å²) in [5.74, 6) is 0.0366. The molecule has 2 aromatic carbocycles. The number of benzene rings is 2. The first-order chi connectivity index (χ1) is 11.2. The molecule has 23 heavy (non-hydrogen) atoms. The summed E-state index contributed by atoms with van der Waals surface area (Å²) >= 11 is 0. The largest absolute Gasteiger partial charge is 0.426 e. The molecule has 0 spiro atoms. The molecule has 3 aromatic rings. The van der Waals surface area contributed by atoms with E-state index in [1.807, 2.05) is 24.3 Å². The molecule has 0 aliphatic rings. The number of unbranched alkanes of at least 4 members (excludes halogenated alkanes) is 2. The number of fused-ring (bicyclic) bond motifs is 2. The Balaban J connectivity index is 2.02. The van der Waals surface area contributed by atoms with Gasteiger partial charge in [-0.1, -0.05) is 38.0 Å². The molecule has 4 heteroatoms. The normalized spacial score (nSPS) is 11.0. The van der Waals surface area contributed by atoms with Gasteiger partial charge in [0.25, 0.3) is 0 Å². The molecule has 118 valence electrons. The molecule has 0 unspecified atom stereocenters. The van der Waals surface area contributed by atoms with Crippen molar-refractivity contribution in [3.05, 3.63) is 52.7 Å². The van der Waals surface area contributed by atoms with Gasteiger partial charge in [0.2, 0.25) is 5.43 Å². The van der Waals surface area contributed by atoms with E-state index in [2.05, 4.69) is 11.9 Å². The van der Waals surface area contributed by atoms with Crippen molar-refractivity contribution in [3.63, 3.8) is 0 Å². The molecule has 3 rings (SSSR count). The summed E-state index contributed by atoms with van der Waals surface area (Å²) in [6, 6.07) is 12.6. The Morgan fingerprint density at radius 2 is 1.83 bits per heavy atom. The van der Waals surface area contributed by atoms with Gasteiger partial charge < -0.3 is 9.72 Å². The summed E-state index contributed by atoms with van der Waals surface area (Å²) < 4.78 is 5.45. The fraction of sp³-hybridized carbons (Fsp3) is 0.263. The predicted octanol–water partition coefficient (Wildman–Crippen LogP) is 4.17. The first kappa shape index (κ1) is 15.3. The number of rotatable bonds is 5. The lowest BCUT2D eigenvalue weighted by molar-refractivity contribution is -0.134. The average Bonchev–Trinajstić information content (AvgIpc) is 2.55. The van der Waals surface area contributed by atoms with Crippen LogP contribution in [0.15, 0.2) is 47.3 Å². The maximum Gasteiger partial charge on any atom is 0.311 e. The third kappa shape index (κ3) is 3.11. The van der Waals surface area contributed by atoms with E-state index >= 15 is 0 Å². The van der Waals surface area contributed by atoms with Crippen LogP contribution in [0.25, 0.3) is 21.8 Å². The molecule has 1 N–H and O–H groups in total. The highest BCUT2D eigenvalue weighted by atomic mass is 16.5. The summed E-state index contributed by atoms with van der Waals surface area (Å²) in [6.07, 6.45) is 3.22. The molecular formula is C19H19NO3. The number of carbonyl (C=O) groups is 1. The predicted molar refractivity (Wildman–Crippen MR) is 91.9 cm³/mol. The number of ether oxygens (including phenoxy) is 1. The number of esters is 1. The Hall–Kier alpha value is -2.62. The highest BCUT2D eigenvalue weighted by molar-refractivity contribution is 5.96. The van der Waals surface area contributed by atoms with Crippen LogP contribution in [0.4, 0.5) is 0 Å². The van der Waals surface area contributed by atoms with Gasteiger partial charge in [-0.15, -0.1) is 0 Å². The number of carbonyl (C=O) groups excluding carboxylic acids is 1. The van der Waals surface area contributed by atoms with E-state index in [-0.39, 0.29) is 11.4 Å². The van der Waals surface area contributed by atoms with Crippen molar-refractivity contribution < 1.29 is 9.53 Å². The van der Waals surface area contributed by atoms with Crippen LogP contribution in [-0.4, -0.2) is 11.0 Å². The van der Waals surface area contributed by atoms with Crippen molar-refractivity contribution in [3.8, 4) is 5.75 Å². The van der Waals surface area contributed by atoms with Crippen LogP contribution in [0.1, 0.15) is 32.6 Å².